The molecule has 2 N–H and O–H groups in total. The van der Waals surface area contributed by atoms with Crippen LogP contribution in [-0.2, 0) is 19.1 Å². The second-order valence-corrected chi connectivity index (χ2v) is 8.74. The number of carbonyl (C=O) groups excluding carboxylic acids is 2. The van der Waals surface area contributed by atoms with E-state index in [4.69, 9.17) is 9.84 Å². The Bertz CT molecular complexity index is 487. The number of hydrogen-bond acceptors (Lipinski definition) is 4. The lowest BCUT2D eigenvalue weighted by Gasteiger charge is -2.29. The zero-order chi connectivity index (χ0) is 19.3. The molecule has 0 aliphatic heterocycles. The van der Waals surface area contributed by atoms with Gasteiger partial charge in [0.1, 0.15) is 11.6 Å². The number of carboxylic acid groups (broad SMARTS) is 1. The Balaban J connectivity index is 2.76. The molecule has 0 bridgehead atoms. The summed E-state index contributed by atoms with van der Waals surface area (Å²) in [4.78, 5) is 36.1. The van der Waals surface area contributed by atoms with Crippen LogP contribution in [0.1, 0.15) is 79.6 Å². The van der Waals surface area contributed by atoms with E-state index in [2.05, 4.69) is 5.32 Å². The molecule has 0 heterocycles. The smallest absolute Gasteiger partial charge is 0.329 e. The zero-order valence-electron chi connectivity index (χ0n) is 16.2. The first-order valence-corrected chi connectivity index (χ1v) is 9.16. The summed E-state index contributed by atoms with van der Waals surface area (Å²) < 4.78 is 5.41. The number of amides is 1. The lowest BCUT2D eigenvalue weighted by molar-refractivity contribution is -0.159. The summed E-state index contributed by atoms with van der Waals surface area (Å²) in [6.45, 7) is 9.33. The van der Waals surface area contributed by atoms with Crippen molar-refractivity contribution in [3.05, 3.63) is 0 Å². The van der Waals surface area contributed by atoms with Gasteiger partial charge in [0.15, 0.2) is 0 Å². The van der Waals surface area contributed by atoms with Crippen LogP contribution in [0.4, 0.5) is 0 Å². The molecule has 1 aliphatic carbocycles. The molecule has 1 fully saturated rings. The van der Waals surface area contributed by atoms with Crippen molar-refractivity contribution >= 4 is 17.8 Å². The fraction of sp³-hybridized carbons (Fsp3) is 0.842. The maximum absolute atomic E-state index is 12.5. The van der Waals surface area contributed by atoms with Gasteiger partial charge in [0.25, 0.3) is 0 Å². The SMILES string of the molecule is CC(C)CC(NC(=O)CC1(CC(=O)O)CCCC1)C(=O)OC(C)(C)C. The number of aliphatic carboxylic acids is 1. The Morgan fingerprint density at radius 2 is 1.68 bits per heavy atom. The van der Waals surface area contributed by atoms with E-state index in [1.54, 1.807) is 20.8 Å². The van der Waals surface area contributed by atoms with Gasteiger partial charge < -0.3 is 15.2 Å². The molecule has 6 nitrogen and oxygen atoms in total. The van der Waals surface area contributed by atoms with E-state index < -0.39 is 29.0 Å². The molecular weight excluding hydrogens is 322 g/mol. The molecule has 0 aromatic rings. The maximum atomic E-state index is 12.5. The highest BCUT2D eigenvalue weighted by molar-refractivity contribution is 5.85. The topological polar surface area (TPSA) is 92.7 Å². The summed E-state index contributed by atoms with van der Waals surface area (Å²) in [7, 11) is 0. The van der Waals surface area contributed by atoms with Gasteiger partial charge in [-0.1, -0.05) is 26.7 Å². The van der Waals surface area contributed by atoms with Crippen molar-refractivity contribution in [1.29, 1.82) is 0 Å². The van der Waals surface area contributed by atoms with Gasteiger partial charge >= 0.3 is 11.9 Å². The van der Waals surface area contributed by atoms with Gasteiger partial charge in [0, 0.05) is 6.42 Å². The zero-order valence-corrected chi connectivity index (χ0v) is 16.2. The Kier molecular flexibility index (Phi) is 7.44. The van der Waals surface area contributed by atoms with Gasteiger partial charge in [-0.3, -0.25) is 9.59 Å². The molecule has 0 saturated heterocycles. The van der Waals surface area contributed by atoms with Crippen molar-refractivity contribution in [1.82, 2.24) is 5.32 Å². The normalized spacial score (nSPS) is 18.0. The first kappa shape index (κ1) is 21.5. The number of nitrogens with one attached hydrogen (secondary N) is 1. The quantitative estimate of drug-likeness (QED) is 0.652. The Hall–Kier alpha value is -1.59. The first-order chi connectivity index (χ1) is 11.4. The van der Waals surface area contributed by atoms with Gasteiger partial charge in [0.05, 0.1) is 6.42 Å². The summed E-state index contributed by atoms with van der Waals surface area (Å²) >= 11 is 0. The third-order valence-electron chi connectivity index (χ3n) is 4.46. The summed E-state index contributed by atoms with van der Waals surface area (Å²) in [5, 5.41) is 12.0. The van der Waals surface area contributed by atoms with Crippen LogP contribution in [0.25, 0.3) is 0 Å². The fourth-order valence-corrected chi connectivity index (χ4v) is 3.51. The number of carbonyl (C=O) groups is 3. The van der Waals surface area contributed by atoms with Gasteiger partial charge in [-0.25, -0.2) is 4.79 Å². The summed E-state index contributed by atoms with van der Waals surface area (Å²) in [5.74, 6) is -1.36. The van der Waals surface area contributed by atoms with Crippen molar-refractivity contribution in [2.75, 3.05) is 0 Å². The Morgan fingerprint density at radius 1 is 1.12 bits per heavy atom. The van der Waals surface area contributed by atoms with Crippen LogP contribution in [0.2, 0.25) is 0 Å². The van der Waals surface area contributed by atoms with Crippen LogP contribution >= 0.6 is 0 Å². The first-order valence-electron chi connectivity index (χ1n) is 9.16. The maximum Gasteiger partial charge on any atom is 0.329 e. The minimum Gasteiger partial charge on any atom is -0.481 e. The summed E-state index contributed by atoms with van der Waals surface area (Å²) in [5.41, 5.74) is -1.10. The third kappa shape index (κ3) is 7.88. The van der Waals surface area contributed by atoms with Crippen molar-refractivity contribution in [3.8, 4) is 0 Å². The van der Waals surface area contributed by atoms with Crippen molar-refractivity contribution in [3.63, 3.8) is 0 Å². The molecule has 25 heavy (non-hydrogen) atoms. The van der Waals surface area contributed by atoms with Crippen LogP contribution < -0.4 is 5.32 Å². The molecule has 0 spiro atoms. The third-order valence-corrected chi connectivity index (χ3v) is 4.46. The van der Waals surface area contributed by atoms with E-state index in [0.717, 1.165) is 25.7 Å². The van der Waals surface area contributed by atoms with Crippen molar-refractivity contribution in [2.24, 2.45) is 11.3 Å². The predicted molar refractivity (Wildman–Crippen MR) is 95.0 cm³/mol. The number of carboxylic acids is 1. The second-order valence-electron chi connectivity index (χ2n) is 8.74. The van der Waals surface area contributed by atoms with Gasteiger partial charge in [-0.2, -0.15) is 0 Å². The Labute approximate surface area is 150 Å². The van der Waals surface area contributed by atoms with Gasteiger partial charge in [-0.15, -0.1) is 0 Å². The highest BCUT2D eigenvalue weighted by atomic mass is 16.6. The molecule has 1 atom stereocenters. The minimum atomic E-state index is -0.874. The van der Waals surface area contributed by atoms with E-state index in [1.165, 1.54) is 0 Å². The standard InChI is InChI=1S/C19H33NO5/c1-13(2)10-14(17(24)25-18(3,4)5)20-15(21)11-19(12-16(22)23)8-6-7-9-19/h13-14H,6-12H2,1-5H3,(H,20,21)(H,22,23). The molecule has 0 radical (unpaired) electrons. The highest BCUT2D eigenvalue weighted by Gasteiger charge is 2.39. The molecule has 0 aromatic carbocycles. The number of esters is 1. The molecule has 1 aliphatic rings. The summed E-state index contributed by atoms with van der Waals surface area (Å²) in [6, 6.07) is -0.699. The van der Waals surface area contributed by atoms with E-state index in [0.29, 0.717) is 6.42 Å². The van der Waals surface area contributed by atoms with E-state index in [1.807, 2.05) is 13.8 Å². The Morgan fingerprint density at radius 3 is 2.12 bits per heavy atom. The average molecular weight is 355 g/mol. The molecular formula is C19H33NO5. The molecule has 6 heteroatoms. The molecule has 144 valence electrons. The summed E-state index contributed by atoms with van der Waals surface area (Å²) in [6.07, 6.45) is 4.02. The van der Waals surface area contributed by atoms with Crippen molar-refractivity contribution < 1.29 is 24.2 Å². The van der Waals surface area contributed by atoms with Gasteiger partial charge in [0.2, 0.25) is 5.91 Å². The minimum absolute atomic E-state index is 0.00169. The number of hydrogen-bond donors (Lipinski definition) is 2. The lowest BCUT2D eigenvalue weighted by Crippen LogP contribution is -2.46. The number of ether oxygens (including phenoxy) is 1. The molecule has 1 unspecified atom stereocenters. The second kappa shape index (κ2) is 8.68. The predicted octanol–water partition coefficient (Wildman–Crippen LogP) is 3.28. The molecule has 1 amide bonds. The fourth-order valence-electron chi connectivity index (χ4n) is 3.51. The molecule has 1 rings (SSSR count). The van der Waals surface area contributed by atoms with Gasteiger partial charge in [-0.05, 0) is 51.4 Å². The highest BCUT2D eigenvalue weighted by Crippen LogP contribution is 2.44. The largest absolute Gasteiger partial charge is 0.481 e. The van der Waals surface area contributed by atoms with Crippen LogP contribution in [0.5, 0.6) is 0 Å². The van der Waals surface area contributed by atoms with E-state index >= 15 is 0 Å². The van der Waals surface area contributed by atoms with Crippen LogP contribution in [0.3, 0.4) is 0 Å². The van der Waals surface area contributed by atoms with Crippen molar-refractivity contribution in [2.45, 2.75) is 91.2 Å². The molecule has 0 aromatic heterocycles. The molecule has 1 saturated carbocycles. The van der Waals surface area contributed by atoms with Crippen LogP contribution in [0, 0.1) is 11.3 Å². The lowest BCUT2D eigenvalue weighted by atomic mass is 9.79. The van der Waals surface area contributed by atoms with E-state index in [9.17, 15) is 14.4 Å². The monoisotopic (exact) mass is 355 g/mol. The number of rotatable bonds is 8. The van der Waals surface area contributed by atoms with Crippen LogP contribution in [-0.4, -0.2) is 34.6 Å². The van der Waals surface area contributed by atoms with Crippen LogP contribution in [0.15, 0.2) is 0 Å². The van der Waals surface area contributed by atoms with E-state index in [-0.39, 0.29) is 24.7 Å². The average Bonchev–Trinajstić information content (AvgIpc) is 2.82.